The second-order valence-electron chi connectivity index (χ2n) is 3.08. The molecule has 1 aliphatic carbocycles. The normalized spacial score (nSPS) is 28.0. The van der Waals surface area contributed by atoms with Crippen molar-refractivity contribution in [2.45, 2.75) is 33.1 Å². The predicted molar refractivity (Wildman–Crippen MR) is 43.6 cm³/mol. The van der Waals surface area contributed by atoms with Gasteiger partial charge >= 0.3 is 5.97 Å². The Morgan fingerprint density at radius 2 is 2.25 bits per heavy atom. The summed E-state index contributed by atoms with van der Waals surface area (Å²) in [6.07, 6.45) is 1.78. The van der Waals surface area contributed by atoms with E-state index >= 15 is 0 Å². The van der Waals surface area contributed by atoms with Gasteiger partial charge in [0.05, 0.1) is 6.61 Å². The molecule has 0 spiro atoms. The summed E-state index contributed by atoms with van der Waals surface area (Å²) in [6, 6.07) is 0. The number of esters is 1. The van der Waals surface area contributed by atoms with Crippen LogP contribution in [0.4, 0.5) is 0 Å². The monoisotopic (exact) mass is 170 g/mol. The van der Waals surface area contributed by atoms with Gasteiger partial charge in [-0.05, 0) is 19.8 Å². The number of rotatable bonds is 3. The standard InChI is InChI=1S/C9H14O3/c1-3-9(6-5-7(9)10)8(11)12-4-2/h3-6H2,1-2H3. The lowest BCUT2D eigenvalue weighted by Crippen LogP contribution is -2.47. The van der Waals surface area contributed by atoms with Gasteiger partial charge in [-0.25, -0.2) is 0 Å². The van der Waals surface area contributed by atoms with E-state index in [1.54, 1.807) is 6.92 Å². The van der Waals surface area contributed by atoms with Gasteiger partial charge in [-0.1, -0.05) is 6.92 Å². The van der Waals surface area contributed by atoms with Crippen LogP contribution in [0.2, 0.25) is 0 Å². The van der Waals surface area contributed by atoms with Crippen molar-refractivity contribution in [1.82, 2.24) is 0 Å². The first kappa shape index (κ1) is 9.23. The van der Waals surface area contributed by atoms with Crippen LogP contribution in [0.15, 0.2) is 0 Å². The highest BCUT2D eigenvalue weighted by Crippen LogP contribution is 2.41. The molecule has 68 valence electrons. The summed E-state index contributed by atoms with van der Waals surface area (Å²) in [5, 5.41) is 0. The Morgan fingerprint density at radius 3 is 2.50 bits per heavy atom. The van der Waals surface area contributed by atoms with Crippen LogP contribution in [0.3, 0.4) is 0 Å². The minimum absolute atomic E-state index is 0.0449. The van der Waals surface area contributed by atoms with Crippen LogP contribution in [0.5, 0.6) is 0 Å². The van der Waals surface area contributed by atoms with Crippen LogP contribution in [0.25, 0.3) is 0 Å². The first-order chi connectivity index (χ1) is 5.67. The van der Waals surface area contributed by atoms with Crippen molar-refractivity contribution in [2.75, 3.05) is 6.61 Å². The number of hydrogen-bond acceptors (Lipinski definition) is 3. The van der Waals surface area contributed by atoms with Crippen molar-refractivity contribution in [3.63, 3.8) is 0 Å². The lowest BCUT2D eigenvalue weighted by molar-refractivity contribution is -0.167. The maximum atomic E-state index is 11.3. The molecule has 1 atom stereocenters. The molecule has 0 aromatic heterocycles. The highest BCUT2D eigenvalue weighted by molar-refractivity contribution is 6.08. The van der Waals surface area contributed by atoms with Gasteiger partial charge in [0.25, 0.3) is 0 Å². The van der Waals surface area contributed by atoms with Crippen LogP contribution in [-0.4, -0.2) is 18.4 Å². The Kier molecular flexibility index (Phi) is 2.50. The molecule has 3 heteroatoms. The van der Waals surface area contributed by atoms with Gasteiger partial charge in [0, 0.05) is 6.42 Å². The van der Waals surface area contributed by atoms with Gasteiger partial charge in [-0.2, -0.15) is 0 Å². The number of ether oxygens (including phenoxy) is 1. The van der Waals surface area contributed by atoms with Gasteiger partial charge in [0.1, 0.15) is 11.2 Å². The van der Waals surface area contributed by atoms with Gasteiger partial charge in [0.2, 0.25) is 0 Å². The Hall–Kier alpha value is -0.860. The van der Waals surface area contributed by atoms with Crippen LogP contribution >= 0.6 is 0 Å². The van der Waals surface area contributed by atoms with Crippen molar-refractivity contribution in [3.8, 4) is 0 Å². The molecule has 0 saturated heterocycles. The average Bonchev–Trinajstić information content (AvgIpc) is 2.04. The number of ketones is 1. The fourth-order valence-electron chi connectivity index (χ4n) is 1.53. The van der Waals surface area contributed by atoms with E-state index in [9.17, 15) is 9.59 Å². The molecule has 0 bridgehead atoms. The van der Waals surface area contributed by atoms with Gasteiger partial charge in [-0.3, -0.25) is 9.59 Å². The Bertz CT molecular complexity index is 206. The molecule has 1 rings (SSSR count). The molecule has 12 heavy (non-hydrogen) atoms. The number of hydrogen-bond donors (Lipinski definition) is 0. The highest BCUT2D eigenvalue weighted by Gasteiger charge is 2.51. The third-order valence-electron chi connectivity index (χ3n) is 2.58. The molecule has 3 nitrogen and oxygen atoms in total. The van der Waals surface area contributed by atoms with Crippen LogP contribution in [-0.2, 0) is 14.3 Å². The van der Waals surface area contributed by atoms with E-state index < -0.39 is 5.41 Å². The van der Waals surface area contributed by atoms with Crippen LogP contribution < -0.4 is 0 Å². The third-order valence-corrected chi connectivity index (χ3v) is 2.58. The lowest BCUT2D eigenvalue weighted by atomic mass is 9.66. The van der Waals surface area contributed by atoms with Crippen molar-refractivity contribution < 1.29 is 14.3 Å². The Labute approximate surface area is 72.1 Å². The molecule has 0 radical (unpaired) electrons. The fourth-order valence-corrected chi connectivity index (χ4v) is 1.53. The average molecular weight is 170 g/mol. The number of carbonyl (C=O) groups is 2. The van der Waals surface area contributed by atoms with E-state index in [4.69, 9.17) is 4.74 Å². The molecule has 1 saturated carbocycles. The minimum atomic E-state index is -0.768. The molecule has 0 aromatic rings. The van der Waals surface area contributed by atoms with Crippen molar-refractivity contribution in [1.29, 1.82) is 0 Å². The number of Topliss-reactive ketones (excluding diaryl/α,β-unsaturated/α-hetero) is 1. The van der Waals surface area contributed by atoms with E-state index in [-0.39, 0.29) is 11.8 Å². The lowest BCUT2D eigenvalue weighted by Gasteiger charge is -2.36. The van der Waals surface area contributed by atoms with E-state index in [0.717, 1.165) is 0 Å². The SMILES string of the molecule is CCOC(=O)C1(CC)CCC1=O. The summed E-state index contributed by atoms with van der Waals surface area (Å²) in [6.45, 7) is 3.96. The minimum Gasteiger partial charge on any atom is -0.465 e. The fraction of sp³-hybridized carbons (Fsp3) is 0.778. The van der Waals surface area contributed by atoms with E-state index in [0.29, 0.717) is 25.9 Å². The topological polar surface area (TPSA) is 43.4 Å². The molecule has 0 aromatic carbocycles. The second-order valence-corrected chi connectivity index (χ2v) is 3.08. The third kappa shape index (κ3) is 1.13. The zero-order chi connectivity index (χ0) is 9.19. The molecule has 0 heterocycles. The molecule has 0 N–H and O–H groups in total. The smallest absolute Gasteiger partial charge is 0.319 e. The predicted octanol–water partition coefficient (Wildman–Crippen LogP) is 1.31. The molecule has 0 amide bonds. The van der Waals surface area contributed by atoms with E-state index in [1.165, 1.54) is 0 Å². The first-order valence-electron chi connectivity index (χ1n) is 4.38. The molecule has 1 fully saturated rings. The molecular weight excluding hydrogens is 156 g/mol. The maximum Gasteiger partial charge on any atom is 0.319 e. The van der Waals surface area contributed by atoms with Gasteiger partial charge in [0.15, 0.2) is 0 Å². The second kappa shape index (κ2) is 3.25. The quantitative estimate of drug-likeness (QED) is 0.473. The molecule has 1 unspecified atom stereocenters. The summed E-state index contributed by atoms with van der Waals surface area (Å²) >= 11 is 0. The van der Waals surface area contributed by atoms with Crippen LogP contribution in [0.1, 0.15) is 33.1 Å². The van der Waals surface area contributed by atoms with Crippen molar-refractivity contribution in [2.24, 2.45) is 5.41 Å². The summed E-state index contributed by atoms with van der Waals surface area (Å²) in [7, 11) is 0. The zero-order valence-electron chi connectivity index (χ0n) is 7.55. The Morgan fingerprint density at radius 1 is 1.58 bits per heavy atom. The number of carbonyl (C=O) groups excluding carboxylic acids is 2. The molecular formula is C9H14O3. The molecule has 0 aliphatic heterocycles. The van der Waals surface area contributed by atoms with E-state index in [2.05, 4.69) is 0 Å². The van der Waals surface area contributed by atoms with Crippen molar-refractivity contribution in [3.05, 3.63) is 0 Å². The van der Waals surface area contributed by atoms with Crippen LogP contribution in [0, 0.1) is 5.41 Å². The van der Waals surface area contributed by atoms with E-state index in [1.807, 2.05) is 6.92 Å². The summed E-state index contributed by atoms with van der Waals surface area (Å²) in [5.41, 5.74) is -0.768. The summed E-state index contributed by atoms with van der Waals surface area (Å²) in [5.74, 6) is -0.285. The zero-order valence-corrected chi connectivity index (χ0v) is 7.55. The maximum absolute atomic E-state index is 11.3. The van der Waals surface area contributed by atoms with Gasteiger partial charge < -0.3 is 4.74 Å². The first-order valence-corrected chi connectivity index (χ1v) is 4.38. The molecule has 1 aliphatic rings. The van der Waals surface area contributed by atoms with Gasteiger partial charge in [-0.15, -0.1) is 0 Å². The summed E-state index contributed by atoms with van der Waals surface area (Å²) in [4.78, 5) is 22.5. The largest absolute Gasteiger partial charge is 0.465 e. The van der Waals surface area contributed by atoms with Crippen molar-refractivity contribution >= 4 is 11.8 Å². The Balaban J connectivity index is 2.67. The summed E-state index contributed by atoms with van der Waals surface area (Å²) < 4.78 is 4.85. The highest BCUT2D eigenvalue weighted by atomic mass is 16.5.